The summed E-state index contributed by atoms with van der Waals surface area (Å²) < 4.78 is 5.60. The number of urea groups is 1. The third-order valence-electron chi connectivity index (χ3n) is 4.18. The number of imide groups is 1. The van der Waals surface area contributed by atoms with Gasteiger partial charge in [0.25, 0.3) is 5.91 Å². The molecule has 0 saturated heterocycles. The summed E-state index contributed by atoms with van der Waals surface area (Å²) in [6.45, 7) is 3.90. The fourth-order valence-electron chi connectivity index (χ4n) is 2.49. The third kappa shape index (κ3) is 6.37. The molecule has 2 aromatic rings. The van der Waals surface area contributed by atoms with Gasteiger partial charge in [0, 0.05) is 17.1 Å². The fraction of sp³-hybridized carbons (Fsp3) is 0.250. The van der Waals surface area contributed by atoms with Crippen LogP contribution in [0, 0.1) is 13.8 Å². The topological polar surface area (TPSA) is 105 Å². The van der Waals surface area contributed by atoms with Crippen molar-refractivity contribution >= 4 is 46.8 Å². The third-order valence-corrected chi connectivity index (χ3v) is 4.73. The first kappa shape index (κ1) is 22.5. The van der Waals surface area contributed by atoms with Crippen molar-refractivity contribution in [3.8, 4) is 5.75 Å². The molecule has 2 aromatic carbocycles. The Bertz CT molecular complexity index is 947. The van der Waals surface area contributed by atoms with Gasteiger partial charge in [-0.3, -0.25) is 14.9 Å². The first-order valence-electron chi connectivity index (χ1n) is 8.71. The number of rotatable bonds is 7. The second-order valence-corrected chi connectivity index (χ2v) is 7.08. The average molecular weight is 439 g/mol. The molecule has 3 amide bonds. The lowest BCUT2D eigenvalue weighted by molar-refractivity contribution is -0.137. The maximum absolute atomic E-state index is 12.2. The Morgan fingerprint density at radius 3 is 2.45 bits per heavy atom. The van der Waals surface area contributed by atoms with Gasteiger partial charge in [-0.15, -0.1) is 0 Å². The van der Waals surface area contributed by atoms with E-state index < -0.39 is 17.9 Å². The zero-order valence-corrected chi connectivity index (χ0v) is 17.4. The van der Waals surface area contributed by atoms with E-state index in [1.54, 1.807) is 19.1 Å². The molecule has 7 nitrogen and oxygen atoms in total. The largest absolute Gasteiger partial charge is 0.493 e. The number of nitrogens with one attached hydrogen (secondary N) is 2. The van der Waals surface area contributed by atoms with Crippen molar-refractivity contribution in [3.05, 3.63) is 57.1 Å². The van der Waals surface area contributed by atoms with Crippen LogP contribution in [0.5, 0.6) is 5.75 Å². The van der Waals surface area contributed by atoms with Crippen LogP contribution in [0.25, 0.3) is 0 Å². The minimum atomic E-state index is -0.874. The van der Waals surface area contributed by atoms with E-state index in [2.05, 4.69) is 10.6 Å². The quantitative estimate of drug-likeness (QED) is 0.537. The van der Waals surface area contributed by atoms with E-state index in [0.29, 0.717) is 22.9 Å². The Balaban J connectivity index is 2.00. The first-order chi connectivity index (χ1) is 13.7. The van der Waals surface area contributed by atoms with Crippen molar-refractivity contribution in [1.29, 1.82) is 0 Å². The van der Waals surface area contributed by atoms with E-state index in [0.717, 1.165) is 11.1 Å². The van der Waals surface area contributed by atoms with Crippen molar-refractivity contribution in [2.45, 2.75) is 26.7 Å². The van der Waals surface area contributed by atoms with Gasteiger partial charge in [0.15, 0.2) is 0 Å². The highest BCUT2D eigenvalue weighted by molar-refractivity contribution is 6.37. The lowest BCUT2D eigenvalue weighted by Crippen LogP contribution is -2.34. The number of halogens is 2. The smallest absolute Gasteiger partial charge is 0.326 e. The highest BCUT2D eigenvalue weighted by Crippen LogP contribution is 2.28. The molecule has 0 atom stereocenters. The number of carboxylic acids is 1. The summed E-state index contributed by atoms with van der Waals surface area (Å²) in [6, 6.07) is 6.96. The van der Waals surface area contributed by atoms with Gasteiger partial charge in [-0.25, -0.2) is 4.79 Å². The molecule has 0 saturated carbocycles. The number of carboxylic acid groups (broad SMARTS) is 1. The van der Waals surface area contributed by atoms with Gasteiger partial charge in [-0.2, -0.15) is 0 Å². The molecule has 0 unspecified atom stereocenters. The predicted molar refractivity (Wildman–Crippen MR) is 111 cm³/mol. The number of carbonyl (C=O) groups is 3. The van der Waals surface area contributed by atoms with Gasteiger partial charge in [0.2, 0.25) is 0 Å². The predicted octanol–water partition coefficient (Wildman–Crippen LogP) is 4.82. The summed E-state index contributed by atoms with van der Waals surface area (Å²) in [7, 11) is 0. The van der Waals surface area contributed by atoms with Crippen molar-refractivity contribution < 1.29 is 24.2 Å². The molecule has 9 heteroatoms. The molecule has 0 spiro atoms. The second-order valence-electron chi connectivity index (χ2n) is 6.24. The Morgan fingerprint density at radius 2 is 1.79 bits per heavy atom. The van der Waals surface area contributed by atoms with E-state index in [4.69, 9.17) is 33.0 Å². The number of amides is 3. The first-order valence-corrected chi connectivity index (χ1v) is 9.46. The summed E-state index contributed by atoms with van der Waals surface area (Å²) >= 11 is 11.8. The molecule has 2 rings (SSSR count). The molecular formula is C20H20Cl2N2O5. The van der Waals surface area contributed by atoms with Gasteiger partial charge in [-0.05, 0) is 61.7 Å². The Morgan fingerprint density at radius 1 is 1.07 bits per heavy atom. The summed E-state index contributed by atoms with van der Waals surface area (Å²) in [6.07, 6.45) is 0.426. The maximum atomic E-state index is 12.2. The Hall–Kier alpha value is -2.77. The maximum Gasteiger partial charge on any atom is 0.326 e. The molecule has 0 aliphatic heterocycles. The summed E-state index contributed by atoms with van der Waals surface area (Å²) in [5.41, 5.74) is 2.19. The molecule has 0 aliphatic carbocycles. The Labute approximate surface area is 178 Å². The van der Waals surface area contributed by atoms with E-state index in [9.17, 15) is 14.4 Å². The number of hydrogen-bond acceptors (Lipinski definition) is 4. The highest BCUT2D eigenvalue weighted by Gasteiger charge is 2.16. The van der Waals surface area contributed by atoms with Crippen molar-refractivity contribution in [2.24, 2.45) is 0 Å². The lowest BCUT2D eigenvalue weighted by atomic mass is 10.1. The standard InChI is InChI=1S/C20H20Cl2N2O5/c1-11-12(2)17(29-9-3-4-18(25)26)8-7-16(11)23-20(28)24-19(27)14-6-5-13(21)10-15(14)22/h5-8,10H,3-4,9H2,1-2H3,(H,25,26)(H2,23,24,27,28). The van der Waals surface area contributed by atoms with E-state index in [-0.39, 0.29) is 23.6 Å². The molecule has 0 fully saturated rings. The Kier molecular flexibility index (Phi) is 7.87. The molecule has 0 bridgehead atoms. The van der Waals surface area contributed by atoms with Crippen LogP contribution in [0.4, 0.5) is 10.5 Å². The molecule has 0 aromatic heterocycles. The number of carbonyl (C=O) groups excluding carboxylic acids is 2. The van der Waals surface area contributed by atoms with Gasteiger partial charge >= 0.3 is 12.0 Å². The van der Waals surface area contributed by atoms with Gasteiger partial charge in [-0.1, -0.05) is 23.2 Å². The molecule has 154 valence electrons. The van der Waals surface area contributed by atoms with E-state index in [1.807, 2.05) is 6.92 Å². The van der Waals surface area contributed by atoms with Gasteiger partial charge in [0.1, 0.15) is 5.75 Å². The van der Waals surface area contributed by atoms with Crippen LogP contribution in [0.15, 0.2) is 30.3 Å². The lowest BCUT2D eigenvalue weighted by Gasteiger charge is -2.15. The number of aliphatic carboxylic acids is 1. The van der Waals surface area contributed by atoms with Crippen LogP contribution in [-0.4, -0.2) is 29.6 Å². The highest BCUT2D eigenvalue weighted by atomic mass is 35.5. The summed E-state index contributed by atoms with van der Waals surface area (Å²) in [5, 5.41) is 14.0. The monoisotopic (exact) mass is 438 g/mol. The number of ether oxygens (including phenoxy) is 1. The zero-order valence-electron chi connectivity index (χ0n) is 15.8. The zero-order chi connectivity index (χ0) is 21.6. The van der Waals surface area contributed by atoms with Crippen LogP contribution >= 0.6 is 23.2 Å². The van der Waals surface area contributed by atoms with Crippen molar-refractivity contribution in [3.63, 3.8) is 0 Å². The van der Waals surface area contributed by atoms with Crippen LogP contribution < -0.4 is 15.4 Å². The van der Waals surface area contributed by atoms with E-state index in [1.165, 1.54) is 18.2 Å². The van der Waals surface area contributed by atoms with Gasteiger partial charge < -0.3 is 15.2 Å². The average Bonchev–Trinajstić information content (AvgIpc) is 2.63. The molecule has 0 aliphatic rings. The number of benzene rings is 2. The normalized spacial score (nSPS) is 10.3. The molecular weight excluding hydrogens is 419 g/mol. The van der Waals surface area contributed by atoms with Crippen LogP contribution in [0.2, 0.25) is 10.0 Å². The fourth-order valence-corrected chi connectivity index (χ4v) is 2.99. The van der Waals surface area contributed by atoms with Crippen LogP contribution in [-0.2, 0) is 4.79 Å². The second kappa shape index (κ2) is 10.1. The molecule has 3 N–H and O–H groups in total. The molecule has 29 heavy (non-hydrogen) atoms. The van der Waals surface area contributed by atoms with Crippen molar-refractivity contribution in [1.82, 2.24) is 5.32 Å². The summed E-state index contributed by atoms with van der Waals surface area (Å²) in [4.78, 5) is 35.0. The van der Waals surface area contributed by atoms with Gasteiger partial charge in [0.05, 0.1) is 17.2 Å². The SMILES string of the molecule is Cc1c(NC(=O)NC(=O)c2ccc(Cl)cc2Cl)ccc(OCCCC(=O)O)c1C. The number of anilines is 1. The molecule has 0 heterocycles. The van der Waals surface area contributed by atoms with Crippen LogP contribution in [0.3, 0.4) is 0 Å². The minimum absolute atomic E-state index is 0.0313. The van der Waals surface area contributed by atoms with Crippen LogP contribution in [0.1, 0.15) is 34.3 Å². The van der Waals surface area contributed by atoms with Crippen molar-refractivity contribution in [2.75, 3.05) is 11.9 Å². The minimum Gasteiger partial charge on any atom is -0.493 e. The van der Waals surface area contributed by atoms with E-state index >= 15 is 0 Å². The summed E-state index contributed by atoms with van der Waals surface area (Å²) in [5.74, 6) is -0.929. The number of hydrogen-bond donors (Lipinski definition) is 3. The molecule has 0 radical (unpaired) electrons.